The van der Waals surface area contributed by atoms with E-state index < -0.39 is 43.1 Å². The second-order valence-electron chi connectivity index (χ2n) is 3.23. The first kappa shape index (κ1) is 15.5. The third-order valence-electron chi connectivity index (χ3n) is 1.79. The normalized spacial score (nSPS) is 12.2. The lowest BCUT2D eigenvalue weighted by molar-refractivity contribution is -0.385. The number of hydrogen-bond acceptors (Lipinski definition) is 5. The Kier molecular flexibility index (Phi) is 4.25. The van der Waals surface area contributed by atoms with Crippen molar-refractivity contribution in [2.24, 2.45) is 0 Å². The summed E-state index contributed by atoms with van der Waals surface area (Å²) >= 11 is 0. The van der Waals surface area contributed by atoms with E-state index in [1.807, 2.05) is 0 Å². The Morgan fingerprint density at radius 3 is 2.37 bits per heavy atom. The Bertz CT molecular complexity index is 601. The van der Waals surface area contributed by atoms with Crippen molar-refractivity contribution in [1.29, 1.82) is 0 Å². The molecule has 0 aliphatic rings. The molecule has 6 nitrogen and oxygen atoms in total. The average Bonchev–Trinajstić information content (AvgIpc) is 2.23. The number of hydrogen-bond donors (Lipinski definition) is 0. The molecule has 0 saturated heterocycles. The van der Waals surface area contributed by atoms with Gasteiger partial charge in [-0.25, -0.2) is 8.42 Å². The molecule has 0 unspecified atom stereocenters. The van der Waals surface area contributed by atoms with Gasteiger partial charge in [0.2, 0.25) is 0 Å². The summed E-state index contributed by atoms with van der Waals surface area (Å²) in [6.45, 7) is -1.75. The summed E-state index contributed by atoms with van der Waals surface area (Å²) in [4.78, 5) is 8.64. The molecule has 0 aromatic heterocycles. The number of nitro groups is 1. The van der Waals surface area contributed by atoms with Gasteiger partial charge in [0.15, 0.2) is 6.61 Å². The van der Waals surface area contributed by atoms with Gasteiger partial charge in [0, 0.05) is 22.8 Å². The summed E-state index contributed by atoms with van der Waals surface area (Å²) in [5.74, 6) is -0.710. The molecule has 0 bridgehead atoms. The van der Waals surface area contributed by atoms with Gasteiger partial charge in [0.05, 0.1) is 4.92 Å². The van der Waals surface area contributed by atoms with E-state index in [0.29, 0.717) is 6.07 Å². The van der Waals surface area contributed by atoms with Crippen molar-refractivity contribution in [2.45, 2.75) is 11.1 Å². The quantitative estimate of drug-likeness (QED) is 0.483. The van der Waals surface area contributed by atoms with E-state index in [2.05, 4.69) is 4.74 Å². The third-order valence-corrected chi connectivity index (χ3v) is 3.14. The molecule has 106 valence electrons. The van der Waals surface area contributed by atoms with Crippen LogP contribution in [0.25, 0.3) is 0 Å². The third kappa shape index (κ3) is 4.56. The van der Waals surface area contributed by atoms with Crippen LogP contribution in [0.5, 0.6) is 5.75 Å². The summed E-state index contributed by atoms with van der Waals surface area (Å²) in [6, 6.07) is 2.06. The van der Waals surface area contributed by atoms with Crippen molar-refractivity contribution in [1.82, 2.24) is 0 Å². The lowest BCUT2D eigenvalue weighted by atomic mass is 10.3. The van der Waals surface area contributed by atoms with E-state index in [-0.39, 0.29) is 0 Å². The zero-order chi connectivity index (χ0) is 14.8. The molecular weight excluding hydrogens is 315 g/mol. The van der Waals surface area contributed by atoms with E-state index in [1.165, 1.54) is 0 Å². The minimum Gasteiger partial charge on any atom is -0.483 e. The SMILES string of the molecule is O=[N+]([O-])c1ccc(OCC(F)(F)F)c(S(=O)(=O)Cl)c1. The number of halogens is 4. The number of nitro benzene ring substituents is 1. The smallest absolute Gasteiger partial charge is 0.422 e. The molecule has 0 spiro atoms. The summed E-state index contributed by atoms with van der Waals surface area (Å²) in [6.07, 6.45) is -4.69. The average molecular weight is 320 g/mol. The zero-order valence-corrected chi connectivity index (χ0v) is 10.4. The van der Waals surface area contributed by atoms with Crippen molar-refractivity contribution in [3.8, 4) is 5.75 Å². The van der Waals surface area contributed by atoms with E-state index in [9.17, 15) is 31.7 Å². The molecule has 11 heteroatoms. The Labute approximate surface area is 109 Å². The molecule has 1 rings (SSSR count). The molecule has 1 aromatic rings. The monoisotopic (exact) mass is 319 g/mol. The predicted octanol–water partition coefficient (Wildman–Crippen LogP) is 2.46. The van der Waals surface area contributed by atoms with E-state index in [0.717, 1.165) is 12.1 Å². The second kappa shape index (κ2) is 5.21. The lowest BCUT2D eigenvalue weighted by Crippen LogP contribution is -2.20. The van der Waals surface area contributed by atoms with Gasteiger partial charge in [-0.15, -0.1) is 0 Å². The molecule has 0 saturated carbocycles. The maximum absolute atomic E-state index is 12.0. The highest BCUT2D eigenvalue weighted by molar-refractivity contribution is 8.13. The van der Waals surface area contributed by atoms with Gasteiger partial charge in [-0.2, -0.15) is 13.2 Å². The number of rotatable bonds is 4. The minimum atomic E-state index is -4.69. The van der Waals surface area contributed by atoms with Crippen LogP contribution in [0.1, 0.15) is 0 Å². The van der Waals surface area contributed by atoms with E-state index in [1.54, 1.807) is 0 Å². The standard InChI is InChI=1S/C8H5ClF3NO5S/c9-19(16,17)7-3-5(13(14)15)1-2-6(7)18-4-8(10,11)12/h1-3H,4H2. The van der Waals surface area contributed by atoms with Crippen LogP contribution < -0.4 is 4.74 Å². The fourth-order valence-corrected chi connectivity index (χ4v) is 2.07. The van der Waals surface area contributed by atoms with Crippen molar-refractivity contribution in [3.63, 3.8) is 0 Å². The highest BCUT2D eigenvalue weighted by Crippen LogP contribution is 2.31. The zero-order valence-electron chi connectivity index (χ0n) is 8.85. The summed E-state index contributed by atoms with van der Waals surface area (Å²) in [7, 11) is 0.497. The molecule has 0 radical (unpaired) electrons. The Balaban J connectivity index is 3.21. The van der Waals surface area contributed by atoms with Crippen LogP contribution in [-0.4, -0.2) is 26.1 Å². The molecule has 0 N–H and O–H groups in total. The van der Waals surface area contributed by atoms with Gasteiger partial charge in [0.1, 0.15) is 10.6 Å². The Morgan fingerprint density at radius 1 is 1.37 bits per heavy atom. The second-order valence-corrected chi connectivity index (χ2v) is 5.76. The number of ether oxygens (including phenoxy) is 1. The van der Waals surface area contributed by atoms with E-state index >= 15 is 0 Å². The maximum Gasteiger partial charge on any atom is 0.422 e. The molecule has 19 heavy (non-hydrogen) atoms. The fraction of sp³-hybridized carbons (Fsp3) is 0.250. The first-order valence-electron chi connectivity index (χ1n) is 4.43. The Morgan fingerprint density at radius 2 is 1.95 bits per heavy atom. The van der Waals surface area contributed by atoms with Gasteiger partial charge in [0.25, 0.3) is 14.7 Å². The number of benzene rings is 1. The Hall–Kier alpha value is -1.55. The van der Waals surface area contributed by atoms with Crippen LogP contribution >= 0.6 is 10.7 Å². The minimum absolute atomic E-state index is 0.522. The van der Waals surface area contributed by atoms with Crippen molar-refractivity contribution < 1.29 is 31.2 Å². The molecule has 0 atom stereocenters. The number of non-ortho nitro benzene ring substituents is 1. The molecular formula is C8H5ClF3NO5S. The number of alkyl halides is 3. The topological polar surface area (TPSA) is 86.5 Å². The predicted molar refractivity (Wildman–Crippen MR) is 57.7 cm³/mol. The highest BCUT2D eigenvalue weighted by atomic mass is 35.7. The summed E-state index contributed by atoms with van der Waals surface area (Å²) < 4.78 is 62.4. The molecule has 0 heterocycles. The van der Waals surface area contributed by atoms with Crippen LogP contribution in [-0.2, 0) is 9.05 Å². The van der Waals surface area contributed by atoms with Crippen LogP contribution in [0.15, 0.2) is 23.1 Å². The molecule has 1 aromatic carbocycles. The van der Waals surface area contributed by atoms with Gasteiger partial charge in [-0.1, -0.05) is 0 Å². The van der Waals surface area contributed by atoms with Gasteiger partial charge < -0.3 is 4.74 Å². The van der Waals surface area contributed by atoms with E-state index in [4.69, 9.17) is 10.7 Å². The van der Waals surface area contributed by atoms with Gasteiger partial charge >= 0.3 is 6.18 Å². The maximum atomic E-state index is 12.0. The van der Waals surface area contributed by atoms with Crippen LogP contribution in [0.2, 0.25) is 0 Å². The first-order valence-corrected chi connectivity index (χ1v) is 6.74. The molecule has 0 aliphatic carbocycles. The van der Waals surface area contributed by atoms with Gasteiger partial charge in [-0.05, 0) is 6.07 Å². The van der Waals surface area contributed by atoms with Crippen LogP contribution in [0.3, 0.4) is 0 Å². The largest absolute Gasteiger partial charge is 0.483 e. The van der Waals surface area contributed by atoms with Gasteiger partial charge in [-0.3, -0.25) is 10.1 Å². The first-order chi connectivity index (χ1) is 8.50. The van der Waals surface area contributed by atoms with Crippen molar-refractivity contribution in [2.75, 3.05) is 6.61 Å². The summed E-state index contributed by atoms with van der Waals surface area (Å²) in [5.41, 5.74) is -0.640. The van der Waals surface area contributed by atoms with Crippen molar-refractivity contribution in [3.05, 3.63) is 28.3 Å². The van der Waals surface area contributed by atoms with Crippen molar-refractivity contribution >= 4 is 25.4 Å². The van der Waals surface area contributed by atoms with Crippen LogP contribution in [0.4, 0.5) is 18.9 Å². The molecule has 0 amide bonds. The molecule has 0 fully saturated rings. The summed E-state index contributed by atoms with van der Waals surface area (Å²) in [5, 5.41) is 10.5. The lowest BCUT2D eigenvalue weighted by Gasteiger charge is -2.11. The highest BCUT2D eigenvalue weighted by Gasteiger charge is 2.30. The fourth-order valence-electron chi connectivity index (χ4n) is 1.08. The van der Waals surface area contributed by atoms with Crippen LogP contribution in [0, 0.1) is 10.1 Å². The number of nitrogens with zero attached hydrogens (tertiary/aromatic N) is 1. The molecule has 0 aliphatic heterocycles.